The van der Waals surface area contributed by atoms with E-state index in [1.54, 1.807) is 0 Å². The molecule has 3 rings (SSSR count). The van der Waals surface area contributed by atoms with Crippen molar-refractivity contribution in [1.29, 1.82) is 0 Å². The summed E-state index contributed by atoms with van der Waals surface area (Å²) in [5, 5.41) is 1.79. The number of rotatable bonds is 3. The van der Waals surface area contributed by atoms with Gasteiger partial charge < -0.3 is 0 Å². The lowest BCUT2D eigenvalue weighted by Gasteiger charge is -2.04. The lowest BCUT2D eigenvalue weighted by molar-refractivity contribution is 1.08. The molecule has 0 saturated heterocycles. The van der Waals surface area contributed by atoms with E-state index in [2.05, 4.69) is 23.2 Å². The van der Waals surface area contributed by atoms with Crippen molar-refractivity contribution in [2.75, 3.05) is 0 Å². The lowest BCUT2D eigenvalue weighted by Crippen LogP contribution is -1.85. The Bertz CT molecular complexity index is 838. The Morgan fingerprint density at radius 1 is 1.00 bits per heavy atom. The highest BCUT2D eigenvalue weighted by molar-refractivity contribution is 6.31. The molecule has 1 heterocycles. The summed E-state index contributed by atoms with van der Waals surface area (Å²) in [5.41, 5.74) is 4.02. The number of alkyl halides is 1. The van der Waals surface area contributed by atoms with Gasteiger partial charge in [0.05, 0.1) is 16.6 Å². The van der Waals surface area contributed by atoms with Crippen LogP contribution in [-0.2, 0) is 0 Å². The molecule has 0 aliphatic heterocycles. The maximum Gasteiger partial charge on any atom is 0.0724 e. The van der Waals surface area contributed by atoms with Gasteiger partial charge in [-0.1, -0.05) is 54.1 Å². The summed E-state index contributed by atoms with van der Waals surface area (Å²) in [6.45, 7) is 1.97. The van der Waals surface area contributed by atoms with Crippen molar-refractivity contribution in [1.82, 2.24) is 4.98 Å². The Morgan fingerprint density at radius 2 is 1.82 bits per heavy atom. The van der Waals surface area contributed by atoms with Crippen molar-refractivity contribution in [3.63, 3.8) is 0 Å². The van der Waals surface area contributed by atoms with Crippen LogP contribution in [0.2, 0.25) is 5.02 Å². The lowest BCUT2D eigenvalue weighted by atomic mass is 10.1. The zero-order valence-corrected chi connectivity index (χ0v) is 13.6. The first-order valence-corrected chi connectivity index (χ1v) is 7.92. The van der Waals surface area contributed by atoms with Crippen LogP contribution in [0.25, 0.3) is 23.1 Å². The van der Waals surface area contributed by atoms with Gasteiger partial charge in [-0.25, -0.2) is 4.98 Å². The van der Waals surface area contributed by atoms with Gasteiger partial charge in [0.25, 0.3) is 0 Å². The standard InChI is InChI=1S/C19H15Cl2N/c1-13(20)16-4-2-3-14(11-16)5-9-18-10-7-15-6-8-17(21)12-19(15)22-18/h2-13H,1H3/b9-5+. The van der Waals surface area contributed by atoms with Crippen LogP contribution in [0.5, 0.6) is 0 Å². The van der Waals surface area contributed by atoms with Crippen LogP contribution in [0, 0.1) is 0 Å². The number of halogens is 2. The maximum atomic E-state index is 6.12. The summed E-state index contributed by atoms with van der Waals surface area (Å²) in [6, 6.07) is 18.0. The number of aromatic nitrogens is 1. The summed E-state index contributed by atoms with van der Waals surface area (Å²) < 4.78 is 0. The number of nitrogens with zero attached hydrogens (tertiary/aromatic N) is 1. The molecule has 0 amide bonds. The predicted molar refractivity (Wildman–Crippen MR) is 96.4 cm³/mol. The van der Waals surface area contributed by atoms with Gasteiger partial charge in [0, 0.05) is 10.4 Å². The number of fused-ring (bicyclic) bond motifs is 1. The fraction of sp³-hybridized carbons (Fsp3) is 0.105. The van der Waals surface area contributed by atoms with Crippen molar-refractivity contribution in [2.24, 2.45) is 0 Å². The second-order valence-electron chi connectivity index (χ2n) is 5.19. The molecule has 3 aromatic rings. The molecule has 0 radical (unpaired) electrons. The molecular formula is C19H15Cl2N. The molecular weight excluding hydrogens is 313 g/mol. The van der Waals surface area contributed by atoms with E-state index in [4.69, 9.17) is 23.2 Å². The highest BCUT2D eigenvalue weighted by atomic mass is 35.5. The summed E-state index contributed by atoms with van der Waals surface area (Å²) in [4.78, 5) is 4.61. The molecule has 0 saturated carbocycles. The third-order valence-electron chi connectivity index (χ3n) is 3.49. The predicted octanol–water partition coefficient (Wildman–Crippen LogP) is 6.36. The molecule has 2 aromatic carbocycles. The summed E-state index contributed by atoms with van der Waals surface area (Å²) in [6.07, 6.45) is 4.04. The molecule has 22 heavy (non-hydrogen) atoms. The SMILES string of the molecule is CC(Cl)c1cccc(/C=C/c2ccc3ccc(Cl)cc3n2)c1. The van der Waals surface area contributed by atoms with E-state index in [0.29, 0.717) is 5.02 Å². The van der Waals surface area contributed by atoms with Crippen molar-refractivity contribution in [3.05, 3.63) is 76.4 Å². The number of hydrogen-bond acceptors (Lipinski definition) is 1. The van der Waals surface area contributed by atoms with E-state index in [1.807, 2.05) is 55.5 Å². The molecule has 0 fully saturated rings. The molecule has 0 aliphatic rings. The third kappa shape index (κ3) is 3.49. The number of benzene rings is 2. The Morgan fingerprint density at radius 3 is 2.64 bits per heavy atom. The Hall–Kier alpha value is -1.83. The molecule has 0 aliphatic carbocycles. The van der Waals surface area contributed by atoms with Gasteiger partial charge in [-0.05, 0) is 42.3 Å². The van der Waals surface area contributed by atoms with Gasteiger partial charge in [0.1, 0.15) is 0 Å². The molecule has 0 bridgehead atoms. The Balaban J connectivity index is 1.90. The van der Waals surface area contributed by atoms with Gasteiger partial charge in [0.2, 0.25) is 0 Å². The van der Waals surface area contributed by atoms with Gasteiger partial charge >= 0.3 is 0 Å². The van der Waals surface area contributed by atoms with Crippen LogP contribution < -0.4 is 0 Å². The molecule has 3 heteroatoms. The molecule has 110 valence electrons. The molecule has 1 atom stereocenters. The quantitative estimate of drug-likeness (QED) is 0.510. The van der Waals surface area contributed by atoms with Gasteiger partial charge in [-0.2, -0.15) is 0 Å². The highest BCUT2D eigenvalue weighted by Crippen LogP contribution is 2.22. The Kier molecular flexibility index (Phi) is 4.47. The van der Waals surface area contributed by atoms with E-state index in [-0.39, 0.29) is 5.38 Å². The van der Waals surface area contributed by atoms with Crippen molar-refractivity contribution in [2.45, 2.75) is 12.3 Å². The van der Waals surface area contributed by atoms with Crippen LogP contribution in [0.3, 0.4) is 0 Å². The summed E-state index contributed by atoms with van der Waals surface area (Å²) in [7, 11) is 0. The molecule has 1 aromatic heterocycles. The van der Waals surface area contributed by atoms with Crippen LogP contribution in [-0.4, -0.2) is 4.98 Å². The summed E-state index contributed by atoms with van der Waals surface area (Å²) in [5.74, 6) is 0. The average Bonchev–Trinajstić information content (AvgIpc) is 2.52. The van der Waals surface area contributed by atoms with Crippen molar-refractivity contribution in [3.8, 4) is 0 Å². The molecule has 0 spiro atoms. The maximum absolute atomic E-state index is 6.12. The molecule has 0 N–H and O–H groups in total. The second-order valence-corrected chi connectivity index (χ2v) is 6.28. The van der Waals surface area contributed by atoms with E-state index in [1.165, 1.54) is 0 Å². The number of pyridine rings is 1. The van der Waals surface area contributed by atoms with Crippen LogP contribution in [0.4, 0.5) is 0 Å². The second kappa shape index (κ2) is 6.51. The van der Waals surface area contributed by atoms with E-state index in [9.17, 15) is 0 Å². The first kappa shape index (κ1) is 15.1. The Labute approximate surface area is 140 Å². The zero-order chi connectivity index (χ0) is 15.5. The number of hydrogen-bond donors (Lipinski definition) is 0. The normalized spacial score (nSPS) is 12.9. The topological polar surface area (TPSA) is 12.9 Å². The van der Waals surface area contributed by atoms with E-state index < -0.39 is 0 Å². The minimum atomic E-state index is 0.00860. The van der Waals surface area contributed by atoms with Gasteiger partial charge in [-0.3, -0.25) is 0 Å². The first-order chi connectivity index (χ1) is 10.6. The van der Waals surface area contributed by atoms with Gasteiger partial charge in [0.15, 0.2) is 0 Å². The largest absolute Gasteiger partial charge is 0.248 e. The average molecular weight is 328 g/mol. The zero-order valence-electron chi connectivity index (χ0n) is 12.1. The summed E-state index contributed by atoms with van der Waals surface area (Å²) >= 11 is 12.1. The van der Waals surface area contributed by atoms with Crippen LogP contribution in [0.15, 0.2) is 54.6 Å². The molecule has 1 unspecified atom stereocenters. The first-order valence-electron chi connectivity index (χ1n) is 7.10. The molecule has 1 nitrogen and oxygen atoms in total. The van der Waals surface area contributed by atoms with Crippen molar-refractivity contribution < 1.29 is 0 Å². The van der Waals surface area contributed by atoms with E-state index in [0.717, 1.165) is 27.7 Å². The minimum absolute atomic E-state index is 0.00860. The van der Waals surface area contributed by atoms with Crippen molar-refractivity contribution >= 4 is 46.3 Å². The smallest absolute Gasteiger partial charge is 0.0724 e. The van der Waals surface area contributed by atoms with Gasteiger partial charge in [-0.15, -0.1) is 11.6 Å². The third-order valence-corrected chi connectivity index (χ3v) is 3.98. The fourth-order valence-corrected chi connectivity index (χ4v) is 2.59. The fourth-order valence-electron chi connectivity index (χ4n) is 2.29. The van der Waals surface area contributed by atoms with E-state index >= 15 is 0 Å². The minimum Gasteiger partial charge on any atom is -0.248 e. The van der Waals surface area contributed by atoms with Crippen LogP contribution >= 0.6 is 23.2 Å². The highest BCUT2D eigenvalue weighted by Gasteiger charge is 2.01. The van der Waals surface area contributed by atoms with Crippen LogP contribution in [0.1, 0.15) is 29.1 Å². The monoisotopic (exact) mass is 327 g/mol.